The van der Waals surface area contributed by atoms with Crippen molar-refractivity contribution < 1.29 is 5.11 Å². The topological polar surface area (TPSA) is 49.5 Å². The van der Waals surface area contributed by atoms with Crippen molar-refractivity contribution in [2.45, 2.75) is 44.2 Å². The molecular weight excluding hydrogens is 272 g/mol. The number of hydrogen-bond donors (Lipinski definition) is 2. The molecule has 1 fully saturated rings. The molecule has 1 saturated heterocycles. The van der Waals surface area contributed by atoms with Crippen LogP contribution < -0.4 is 5.73 Å². The fourth-order valence-corrected chi connectivity index (χ4v) is 3.36. The quantitative estimate of drug-likeness (QED) is 0.813. The molecule has 1 aliphatic heterocycles. The van der Waals surface area contributed by atoms with Crippen LogP contribution in [0, 0.1) is 0 Å². The molecule has 1 aromatic carbocycles. The second kappa shape index (κ2) is 7.99. The van der Waals surface area contributed by atoms with Crippen LogP contribution in [0.25, 0.3) is 0 Å². The molecule has 1 aromatic rings. The molecule has 112 valence electrons. The van der Waals surface area contributed by atoms with Gasteiger partial charge in [0, 0.05) is 30.3 Å². The van der Waals surface area contributed by atoms with Gasteiger partial charge in [0.05, 0.1) is 0 Å². The van der Waals surface area contributed by atoms with Crippen molar-refractivity contribution >= 4 is 11.6 Å². The minimum absolute atomic E-state index is 0.00259. The standard InChI is InChI=1S/C16H25ClN2O/c17-15-8-2-1-7-14(15)16(18)9-11-19-10-3-5-13(19)6-4-12-20/h1-2,7-8,13,16,20H,3-6,9-12,18H2. The van der Waals surface area contributed by atoms with E-state index in [0.29, 0.717) is 12.6 Å². The number of nitrogens with zero attached hydrogens (tertiary/aromatic N) is 1. The Bertz CT molecular complexity index is 413. The summed E-state index contributed by atoms with van der Waals surface area (Å²) in [6.07, 6.45) is 5.44. The van der Waals surface area contributed by atoms with Gasteiger partial charge >= 0.3 is 0 Å². The Morgan fingerprint density at radius 1 is 1.40 bits per heavy atom. The van der Waals surface area contributed by atoms with Crippen LogP contribution in [0.15, 0.2) is 24.3 Å². The summed E-state index contributed by atoms with van der Waals surface area (Å²) in [7, 11) is 0. The first-order valence-electron chi connectivity index (χ1n) is 7.57. The highest BCUT2D eigenvalue weighted by molar-refractivity contribution is 6.31. The highest BCUT2D eigenvalue weighted by Gasteiger charge is 2.24. The largest absolute Gasteiger partial charge is 0.396 e. The molecule has 0 spiro atoms. The van der Waals surface area contributed by atoms with Crippen LogP contribution in [-0.2, 0) is 0 Å². The van der Waals surface area contributed by atoms with Gasteiger partial charge in [-0.15, -0.1) is 0 Å². The van der Waals surface area contributed by atoms with Crippen molar-refractivity contribution in [3.8, 4) is 0 Å². The highest BCUT2D eigenvalue weighted by atomic mass is 35.5. The van der Waals surface area contributed by atoms with E-state index in [1.807, 2.05) is 24.3 Å². The first kappa shape index (κ1) is 15.8. The number of nitrogens with two attached hydrogens (primary N) is 1. The maximum atomic E-state index is 8.96. The van der Waals surface area contributed by atoms with Crippen molar-refractivity contribution in [1.82, 2.24) is 4.90 Å². The van der Waals surface area contributed by atoms with Crippen molar-refractivity contribution in [3.05, 3.63) is 34.9 Å². The monoisotopic (exact) mass is 296 g/mol. The molecular formula is C16H25ClN2O. The van der Waals surface area contributed by atoms with Crippen molar-refractivity contribution in [1.29, 1.82) is 0 Å². The maximum Gasteiger partial charge on any atom is 0.0453 e. The lowest BCUT2D eigenvalue weighted by atomic mass is 10.0. The van der Waals surface area contributed by atoms with Crippen LogP contribution in [0.3, 0.4) is 0 Å². The smallest absolute Gasteiger partial charge is 0.0453 e. The minimum Gasteiger partial charge on any atom is -0.396 e. The number of halogens is 1. The molecule has 2 rings (SSSR count). The zero-order valence-electron chi connectivity index (χ0n) is 12.0. The average molecular weight is 297 g/mol. The molecule has 20 heavy (non-hydrogen) atoms. The van der Waals surface area contributed by atoms with E-state index in [1.165, 1.54) is 12.8 Å². The Hall–Kier alpha value is -0.610. The van der Waals surface area contributed by atoms with E-state index in [4.69, 9.17) is 22.4 Å². The Morgan fingerprint density at radius 2 is 2.20 bits per heavy atom. The summed E-state index contributed by atoms with van der Waals surface area (Å²) in [5, 5.41) is 9.72. The summed E-state index contributed by atoms with van der Waals surface area (Å²) in [6, 6.07) is 8.46. The van der Waals surface area contributed by atoms with Crippen LogP contribution in [0.1, 0.15) is 43.7 Å². The number of rotatable bonds is 7. The van der Waals surface area contributed by atoms with E-state index in [0.717, 1.165) is 42.9 Å². The summed E-state index contributed by atoms with van der Waals surface area (Å²) in [6.45, 7) is 2.47. The van der Waals surface area contributed by atoms with Crippen molar-refractivity contribution in [2.75, 3.05) is 19.7 Å². The highest BCUT2D eigenvalue weighted by Crippen LogP contribution is 2.26. The van der Waals surface area contributed by atoms with Crippen LogP contribution in [0.5, 0.6) is 0 Å². The molecule has 0 bridgehead atoms. The fraction of sp³-hybridized carbons (Fsp3) is 0.625. The molecule has 4 heteroatoms. The first-order valence-corrected chi connectivity index (χ1v) is 7.95. The Morgan fingerprint density at radius 3 is 2.95 bits per heavy atom. The van der Waals surface area contributed by atoms with Gasteiger partial charge < -0.3 is 15.7 Å². The van der Waals surface area contributed by atoms with Gasteiger partial charge in [-0.25, -0.2) is 0 Å². The molecule has 2 unspecified atom stereocenters. The van der Waals surface area contributed by atoms with Gasteiger partial charge in [0.25, 0.3) is 0 Å². The number of aliphatic hydroxyl groups is 1. The molecule has 0 aromatic heterocycles. The number of hydrogen-bond acceptors (Lipinski definition) is 3. The van der Waals surface area contributed by atoms with Crippen LogP contribution in [0.2, 0.25) is 5.02 Å². The van der Waals surface area contributed by atoms with Gasteiger partial charge in [0.2, 0.25) is 0 Å². The van der Waals surface area contributed by atoms with Gasteiger partial charge in [-0.3, -0.25) is 0 Å². The summed E-state index contributed by atoms with van der Waals surface area (Å²) in [5.41, 5.74) is 7.31. The Labute approximate surface area is 126 Å². The molecule has 0 saturated carbocycles. The maximum absolute atomic E-state index is 8.96. The molecule has 0 radical (unpaired) electrons. The zero-order chi connectivity index (χ0) is 14.4. The third kappa shape index (κ3) is 4.19. The average Bonchev–Trinajstić information content (AvgIpc) is 2.90. The van der Waals surface area contributed by atoms with Gasteiger partial charge in [0.15, 0.2) is 0 Å². The van der Waals surface area contributed by atoms with Crippen molar-refractivity contribution in [2.24, 2.45) is 5.73 Å². The van der Waals surface area contributed by atoms with Crippen molar-refractivity contribution in [3.63, 3.8) is 0 Å². The SMILES string of the molecule is NC(CCN1CCCC1CCCO)c1ccccc1Cl. The third-order valence-corrected chi connectivity index (χ3v) is 4.57. The van der Waals surface area contributed by atoms with E-state index in [9.17, 15) is 0 Å². The summed E-state index contributed by atoms with van der Waals surface area (Å²) in [5.74, 6) is 0. The van der Waals surface area contributed by atoms with E-state index < -0.39 is 0 Å². The third-order valence-electron chi connectivity index (χ3n) is 4.23. The summed E-state index contributed by atoms with van der Waals surface area (Å²) >= 11 is 6.19. The Balaban J connectivity index is 1.83. The molecule has 1 heterocycles. The second-order valence-corrected chi connectivity index (χ2v) is 6.02. The Kier molecular flexibility index (Phi) is 6.30. The lowest BCUT2D eigenvalue weighted by Gasteiger charge is -2.26. The predicted molar refractivity (Wildman–Crippen MR) is 83.9 cm³/mol. The first-order chi connectivity index (χ1) is 9.72. The number of likely N-dealkylation sites (tertiary alicyclic amines) is 1. The molecule has 2 atom stereocenters. The van der Waals surface area contributed by atoms with E-state index >= 15 is 0 Å². The lowest BCUT2D eigenvalue weighted by molar-refractivity contribution is 0.211. The second-order valence-electron chi connectivity index (χ2n) is 5.61. The van der Waals surface area contributed by atoms with Gasteiger partial charge in [-0.1, -0.05) is 29.8 Å². The molecule has 3 nitrogen and oxygen atoms in total. The summed E-state index contributed by atoms with van der Waals surface area (Å²) in [4.78, 5) is 2.52. The predicted octanol–water partition coefficient (Wildman–Crippen LogP) is 2.97. The lowest BCUT2D eigenvalue weighted by Crippen LogP contribution is -2.32. The summed E-state index contributed by atoms with van der Waals surface area (Å²) < 4.78 is 0. The van der Waals surface area contributed by atoms with Gasteiger partial charge in [-0.2, -0.15) is 0 Å². The van der Waals surface area contributed by atoms with Crippen LogP contribution in [-0.4, -0.2) is 35.7 Å². The molecule has 0 aliphatic carbocycles. The van der Waals surface area contributed by atoms with E-state index in [1.54, 1.807) is 0 Å². The van der Waals surface area contributed by atoms with E-state index in [-0.39, 0.29) is 6.04 Å². The molecule has 0 amide bonds. The van der Waals surface area contributed by atoms with Gasteiger partial charge in [0.1, 0.15) is 0 Å². The number of aliphatic hydroxyl groups excluding tert-OH is 1. The molecule has 3 N–H and O–H groups in total. The van der Waals surface area contributed by atoms with Crippen LogP contribution in [0.4, 0.5) is 0 Å². The minimum atomic E-state index is 0.00259. The zero-order valence-corrected chi connectivity index (χ0v) is 12.7. The molecule has 1 aliphatic rings. The normalized spacial score (nSPS) is 21.2. The van der Waals surface area contributed by atoms with Gasteiger partial charge in [-0.05, 0) is 50.3 Å². The van der Waals surface area contributed by atoms with Crippen LogP contribution >= 0.6 is 11.6 Å². The van der Waals surface area contributed by atoms with E-state index in [2.05, 4.69) is 4.90 Å². The fourth-order valence-electron chi connectivity index (χ4n) is 3.08. The number of benzene rings is 1.